The van der Waals surface area contributed by atoms with Gasteiger partial charge in [-0.25, -0.2) is 13.2 Å². The predicted molar refractivity (Wildman–Crippen MR) is 125 cm³/mol. The van der Waals surface area contributed by atoms with Gasteiger partial charge in [-0.3, -0.25) is 0 Å². The lowest BCUT2D eigenvalue weighted by atomic mass is 9.78. The van der Waals surface area contributed by atoms with Crippen LogP contribution in [0.3, 0.4) is 0 Å². The number of nitrogens with zero attached hydrogens (tertiary/aromatic N) is 1. The molecule has 1 nitrogen and oxygen atoms in total. The fraction of sp³-hybridized carbons (Fsp3) is 0.345. The standard InChI is InChI=1S/C29H26F3N/c1-2-19-3-5-20(6-4-19)7-8-21-10-14-25-24(15-21)13-12-23(29(25)32)11-9-22-16-27(30)26(18-33)28(31)17-22/h10,12-17,19-20H,2-8H2,1H3. The zero-order valence-corrected chi connectivity index (χ0v) is 18.7. The first-order chi connectivity index (χ1) is 16.0. The average Bonchev–Trinajstić information content (AvgIpc) is 2.82. The molecule has 3 aromatic rings. The van der Waals surface area contributed by atoms with Crippen molar-refractivity contribution in [3.63, 3.8) is 0 Å². The summed E-state index contributed by atoms with van der Waals surface area (Å²) < 4.78 is 42.6. The van der Waals surface area contributed by atoms with Crippen LogP contribution in [0.5, 0.6) is 0 Å². The molecular weight excluding hydrogens is 419 g/mol. The van der Waals surface area contributed by atoms with E-state index in [-0.39, 0.29) is 11.1 Å². The summed E-state index contributed by atoms with van der Waals surface area (Å²) in [5, 5.41) is 10.1. The number of rotatable bonds is 4. The van der Waals surface area contributed by atoms with Crippen LogP contribution in [0, 0.1) is 52.5 Å². The molecule has 3 aromatic carbocycles. The maximum atomic E-state index is 15.0. The molecule has 0 aromatic heterocycles. The fourth-order valence-electron chi connectivity index (χ4n) is 4.78. The Balaban J connectivity index is 1.49. The van der Waals surface area contributed by atoms with Crippen molar-refractivity contribution in [3.8, 4) is 17.9 Å². The highest BCUT2D eigenvalue weighted by Gasteiger charge is 2.19. The normalized spacial score (nSPS) is 17.9. The molecule has 0 atom stereocenters. The number of nitriles is 1. The van der Waals surface area contributed by atoms with Crippen LogP contribution in [0.1, 0.15) is 67.7 Å². The molecular formula is C29H26F3N. The Morgan fingerprint density at radius 1 is 0.879 bits per heavy atom. The number of hydrogen-bond donors (Lipinski definition) is 0. The Morgan fingerprint density at radius 3 is 2.24 bits per heavy atom. The third-order valence-electron chi connectivity index (χ3n) is 6.90. The number of aryl methyl sites for hydroxylation is 1. The van der Waals surface area contributed by atoms with Gasteiger partial charge in [0.15, 0.2) is 0 Å². The van der Waals surface area contributed by atoms with Gasteiger partial charge in [0.25, 0.3) is 0 Å². The molecule has 0 radical (unpaired) electrons. The van der Waals surface area contributed by atoms with Gasteiger partial charge < -0.3 is 0 Å². The molecule has 33 heavy (non-hydrogen) atoms. The van der Waals surface area contributed by atoms with Gasteiger partial charge in [0.2, 0.25) is 0 Å². The molecule has 1 saturated carbocycles. The SMILES string of the molecule is CCC1CCC(CCc2ccc3c(F)c(C#Cc4cc(F)c(C#N)c(F)c4)ccc3c2)CC1. The third kappa shape index (κ3) is 5.23. The lowest BCUT2D eigenvalue weighted by Crippen LogP contribution is -2.14. The predicted octanol–water partition coefficient (Wildman–Crippen LogP) is 7.68. The maximum absolute atomic E-state index is 15.0. The monoisotopic (exact) mass is 445 g/mol. The van der Waals surface area contributed by atoms with Gasteiger partial charge in [-0.05, 0) is 53.8 Å². The van der Waals surface area contributed by atoms with Gasteiger partial charge in [-0.1, -0.05) is 75.1 Å². The summed E-state index contributed by atoms with van der Waals surface area (Å²) >= 11 is 0. The highest BCUT2D eigenvalue weighted by Crippen LogP contribution is 2.33. The van der Waals surface area contributed by atoms with Crippen LogP contribution in [0.15, 0.2) is 42.5 Å². The molecule has 1 aliphatic rings. The largest absolute Gasteiger partial charge is 0.205 e. The molecule has 1 fully saturated rings. The molecule has 1 aliphatic carbocycles. The van der Waals surface area contributed by atoms with Crippen molar-refractivity contribution in [2.75, 3.05) is 0 Å². The van der Waals surface area contributed by atoms with Gasteiger partial charge >= 0.3 is 0 Å². The lowest BCUT2D eigenvalue weighted by molar-refractivity contribution is 0.259. The van der Waals surface area contributed by atoms with E-state index >= 15 is 4.39 Å². The summed E-state index contributed by atoms with van der Waals surface area (Å²) in [5.41, 5.74) is 0.767. The summed E-state index contributed by atoms with van der Waals surface area (Å²) in [6, 6.07) is 12.7. The topological polar surface area (TPSA) is 23.8 Å². The molecule has 0 saturated heterocycles. The highest BCUT2D eigenvalue weighted by molar-refractivity contribution is 5.85. The second-order valence-electron chi connectivity index (χ2n) is 8.99. The van der Waals surface area contributed by atoms with E-state index < -0.39 is 23.0 Å². The van der Waals surface area contributed by atoms with Crippen LogP contribution in [-0.4, -0.2) is 0 Å². The lowest BCUT2D eigenvalue weighted by Gasteiger charge is -2.27. The summed E-state index contributed by atoms with van der Waals surface area (Å²) in [6.07, 6.45) is 8.77. The quantitative estimate of drug-likeness (QED) is 0.378. The van der Waals surface area contributed by atoms with Gasteiger partial charge in [0.05, 0.1) is 5.56 Å². The zero-order valence-electron chi connectivity index (χ0n) is 18.7. The van der Waals surface area contributed by atoms with Crippen LogP contribution >= 0.6 is 0 Å². The van der Waals surface area contributed by atoms with Crippen LogP contribution in [0.2, 0.25) is 0 Å². The Bertz CT molecular complexity index is 1240. The summed E-state index contributed by atoms with van der Waals surface area (Å²) in [6.45, 7) is 2.28. The summed E-state index contributed by atoms with van der Waals surface area (Å²) in [7, 11) is 0. The van der Waals surface area contributed by atoms with E-state index in [4.69, 9.17) is 5.26 Å². The van der Waals surface area contributed by atoms with Crippen molar-refractivity contribution in [3.05, 3.63) is 82.2 Å². The van der Waals surface area contributed by atoms with Crippen molar-refractivity contribution in [2.24, 2.45) is 11.8 Å². The van der Waals surface area contributed by atoms with Crippen LogP contribution < -0.4 is 0 Å². The minimum atomic E-state index is -0.980. The molecule has 0 aliphatic heterocycles. The zero-order chi connectivity index (χ0) is 23.4. The third-order valence-corrected chi connectivity index (χ3v) is 6.90. The Hall–Kier alpha value is -3.24. The first-order valence-corrected chi connectivity index (χ1v) is 11.6. The summed E-state index contributed by atoms with van der Waals surface area (Å²) in [4.78, 5) is 0. The molecule has 4 heteroatoms. The molecule has 0 N–H and O–H groups in total. The Morgan fingerprint density at radius 2 is 1.58 bits per heavy atom. The number of benzene rings is 3. The molecule has 0 heterocycles. The van der Waals surface area contributed by atoms with E-state index in [1.165, 1.54) is 50.2 Å². The van der Waals surface area contributed by atoms with E-state index in [1.54, 1.807) is 12.1 Å². The second-order valence-corrected chi connectivity index (χ2v) is 8.99. The number of fused-ring (bicyclic) bond motifs is 1. The number of halogens is 3. The fourth-order valence-corrected chi connectivity index (χ4v) is 4.78. The first-order valence-electron chi connectivity index (χ1n) is 11.6. The van der Waals surface area contributed by atoms with E-state index in [2.05, 4.69) is 18.8 Å². The minimum Gasteiger partial charge on any atom is -0.205 e. The van der Waals surface area contributed by atoms with Crippen molar-refractivity contribution in [1.82, 2.24) is 0 Å². The van der Waals surface area contributed by atoms with E-state index in [0.717, 1.165) is 35.8 Å². The number of hydrogen-bond acceptors (Lipinski definition) is 1. The Labute approximate surface area is 193 Å². The van der Waals surface area contributed by atoms with Crippen LogP contribution in [0.4, 0.5) is 13.2 Å². The van der Waals surface area contributed by atoms with Gasteiger partial charge in [0.1, 0.15) is 29.1 Å². The first kappa shape index (κ1) is 22.9. The van der Waals surface area contributed by atoms with Crippen LogP contribution in [0.25, 0.3) is 10.8 Å². The smallest absolute Gasteiger partial charge is 0.146 e. The molecule has 0 unspecified atom stereocenters. The van der Waals surface area contributed by atoms with Gasteiger partial charge in [0, 0.05) is 10.9 Å². The van der Waals surface area contributed by atoms with Crippen molar-refractivity contribution in [1.29, 1.82) is 5.26 Å². The van der Waals surface area contributed by atoms with Crippen molar-refractivity contribution >= 4 is 10.8 Å². The van der Waals surface area contributed by atoms with Crippen molar-refractivity contribution in [2.45, 2.75) is 51.9 Å². The van der Waals surface area contributed by atoms with Crippen molar-refractivity contribution < 1.29 is 13.2 Å². The van der Waals surface area contributed by atoms with Crippen LogP contribution in [-0.2, 0) is 6.42 Å². The molecule has 4 rings (SSSR count). The molecule has 0 bridgehead atoms. The second kappa shape index (κ2) is 10.1. The molecule has 168 valence electrons. The van der Waals surface area contributed by atoms with Gasteiger partial charge in [-0.15, -0.1) is 0 Å². The van der Waals surface area contributed by atoms with E-state index in [0.29, 0.717) is 5.39 Å². The average molecular weight is 446 g/mol. The Kier molecular flexibility index (Phi) is 7.05. The van der Waals surface area contributed by atoms with E-state index in [1.807, 2.05) is 18.2 Å². The van der Waals surface area contributed by atoms with E-state index in [9.17, 15) is 8.78 Å². The molecule has 0 spiro atoms. The molecule has 0 amide bonds. The highest BCUT2D eigenvalue weighted by atomic mass is 19.1. The summed E-state index contributed by atoms with van der Waals surface area (Å²) in [5.74, 6) is 4.54. The maximum Gasteiger partial charge on any atom is 0.146 e. The van der Waals surface area contributed by atoms with Gasteiger partial charge in [-0.2, -0.15) is 5.26 Å². The minimum absolute atomic E-state index is 0.0480.